The number of aryl methyl sites for hydroxylation is 2. The fourth-order valence-corrected chi connectivity index (χ4v) is 7.33. The van der Waals surface area contributed by atoms with Crippen LogP contribution in [0, 0.1) is 47.8 Å². The number of anilines is 3. The summed E-state index contributed by atoms with van der Waals surface area (Å²) in [4.78, 5) is 4.42. The number of nitriles is 3. The van der Waals surface area contributed by atoms with Gasteiger partial charge in [-0.05, 0) is 87.7 Å². The van der Waals surface area contributed by atoms with Crippen molar-refractivity contribution < 1.29 is 42.6 Å². The number of ether oxygens (including phenoxy) is 9. The molecule has 2 aliphatic rings. The molecule has 0 unspecified atom stereocenters. The van der Waals surface area contributed by atoms with Gasteiger partial charge in [-0.2, -0.15) is 15.8 Å². The molecular weight excluding hydrogens is 841 g/mol. The third-order valence-electron chi connectivity index (χ3n) is 10.7. The van der Waals surface area contributed by atoms with Crippen molar-refractivity contribution in [3.8, 4) is 35.5 Å². The van der Waals surface area contributed by atoms with Crippen molar-refractivity contribution in [1.29, 1.82) is 15.8 Å². The van der Waals surface area contributed by atoms with Crippen molar-refractivity contribution in [2.75, 3.05) is 134 Å². The number of fused-ring (bicyclic) bond motifs is 2. The molecule has 3 aromatic rings. The van der Waals surface area contributed by atoms with Crippen LogP contribution in [0.2, 0.25) is 0 Å². The summed E-state index contributed by atoms with van der Waals surface area (Å²) >= 11 is 0. The summed E-state index contributed by atoms with van der Waals surface area (Å²) in [5, 5.41) is 32.7. The lowest BCUT2D eigenvalue weighted by Gasteiger charge is -2.29. The zero-order chi connectivity index (χ0) is 47.2. The van der Waals surface area contributed by atoms with Crippen LogP contribution in [0.4, 0.5) is 17.1 Å². The van der Waals surface area contributed by atoms with Gasteiger partial charge < -0.3 is 57.7 Å². The number of methoxy groups -OCH3 is 1. The maximum absolute atomic E-state index is 10.1. The first kappa shape index (κ1) is 50.7. The number of hydrogen-bond donors (Lipinski definition) is 1. The Labute approximate surface area is 390 Å². The van der Waals surface area contributed by atoms with E-state index in [0.29, 0.717) is 123 Å². The first-order valence-electron chi connectivity index (χ1n) is 22.5. The summed E-state index contributed by atoms with van der Waals surface area (Å²) in [5.41, 5.74) is 5.05. The highest BCUT2D eigenvalue weighted by Gasteiger charge is 2.38. The molecule has 2 heterocycles. The Hall–Kier alpha value is -6.25. The van der Waals surface area contributed by atoms with Crippen molar-refractivity contribution in [2.45, 2.75) is 40.2 Å². The number of rotatable bonds is 14. The van der Waals surface area contributed by atoms with Gasteiger partial charge in [0.2, 0.25) is 0 Å². The van der Waals surface area contributed by atoms with Crippen molar-refractivity contribution >= 4 is 23.1 Å². The molecule has 0 radical (unpaired) electrons. The van der Waals surface area contributed by atoms with E-state index in [1.807, 2.05) is 68.5 Å². The second-order valence-electron chi connectivity index (χ2n) is 15.9. The topological polar surface area (TPSA) is 173 Å². The van der Waals surface area contributed by atoms with Gasteiger partial charge in [0.1, 0.15) is 66.5 Å². The molecule has 0 saturated carbocycles. The lowest BCUT2D eigenvalue weighted by Crippen LogP contribution is -2.34. The third-order valence-corrected chi connectivity index (χ3v) is 10.7. The highest BCUT2D eigenvalue weighted by Crippen LogP contribution is 2.41. The van der Waals surface area contributed by atoms with Crippen molar-refractivity contribution in [3.63, 3.8) is 0 Å². The maximum atomic E-state index is 10.1. The van der Waals surface area contributed by atoms with Crippen molar-refractivity contribution in [3.05, 3.63) is 99.8 Å². The molecule has 352 valence electrons. The molecular formula is C51H64N6O9. The summed E-state index contributed by atoms with van der Waals surface area (Å²) in [5.74, 6) is 2.09. The van der Waals surface area contributed by atoms with E-state index < -0.39 is 5.60 Å². The second-order valence-corrected chi connectivity index (χ2v) is 15.9. The highest BCUT2D eigenvalue weighted by atomic mass is 16.5. The molecule has 1 N–H and O–H groups in total. The van der Waals surface area contributed by atoms with Gasteiger partial charge in [-0.25, -0.2) is 0 Å². The molecule has 3 aromatic carbocycles. The van der Waals surface area contributed by atoms with Gasteiger partial charge in [0, 0.05) is 38.9 Å². The van der Waals surface area contributed by atoms with Crippen LogP contribution in [-0.2, 0) is 28.4 Å². The first-order valence-corrected chi connectivity index (χ1v) is 22.5. The molecule has 0 aliphatic carbocycles. The molecule has 66 heavy (non-hydrogen) atoms. The number of hydrogen-bond acceptors (Lipinski definition) is 15. The van der Waals surface area contributed by atoms with Crippen LogP contribution in [0.3, 0.4) is 0 Å². The Kier molecular flexibility index (Phi) is 20.5. The smallest absolute Gasteiger partial charge is 0.172 e. The Morgan fingerprint density at radius 1 is 0.758 bits per heavy atom. The molecule has 0 saturated heterocycles. The molecule has 15 nitrogen and oxygen atoms in total. The molecule has 0 spiro atoms. The molecule has 0 aromatic heterocycles. The summed E-state index contributed by atoms with van der Waals surface area (Å²) < 4.78 is 54.4. The molecule has 0 amide bonds. The average molecular weight is 905 g/mol. The van der Waals surface area contributed by atoms with Crippen LogP contribution in [0.5, 0.6) is 17.2 Å². The van der Waals surface area contributed by atoms with Crippen LogP contribution in [0.25, 0.3) is 6.08 Å². The van der Waals surface area contributed by atoms with Gasteiger partial charge >= 0.3 is 0 Å². The Bertz CT molecular complexity index is 2260. The van der Waals surface area contributed by atoms with Crippen molar-refractivity contribution in [2.24, 2.45) is 0 Å². The van der Waals surface area contributed by atoms with Gasteiger partial charge in [0.05, 0.1) is 83.0 Å². The van der Waals surface area contributed by atoms with Gasteiger partial charge in [-0.3, -0.25) is 0 Å². The fourth-order valence-electron chi connectivity index (χ4n) is 7.33. The lowest BCUT2D eigenvalue weighted by atomic mass is 9.94. The van der Waals surface area contributed by atoms with Gasteiger partial charge in [0.15, 0.2) is 11.3 Å². The minimum absolute atomic E-state index is 0.0137. The Morgan fingerprint density at radius 2 is 1.45 bits per heavy atom. The second kappa shape index (κ2) is 26.6. The monoisotopic (exact) mass is 904 g/mol. The van der Waals surface area contributed by atoms with E-state index in [9.17, 15) is 15.8 Å². The largest absolute Gasteiger partial charge is 0.490 e. The van der Waals surface area contributed by atoms with Crippen LogP contribution >= 0.6 is 0 Å². The number of nitrogens with zero attached hydrogens (tertiary/aromatic N) is 5. The summed E-state index contributed by atoms with van der Waals surface area (Å²) in [7, 11) is 1.63. The predicted octanol–water partition coefficient (Wildman–Crippen LogP) is 7.55. The predicted molar refractivity (Wildman–Crippen MR) is 254 cm³/mol. The van der Waals surface area contributed by atoms with E-state index in [4.69, 9.17) is 42.6 Å². The van der Waals surface area contributed by atoms with E-state index in [1.165, 1.54) is 0 Å². The lowest BCUT2D eigenvalue weighted by molar-refractivity contribution is 0.0498. The van der Waals surface area contributed by atoms with Crippen LogP contribution in [-0.4, -0.2) is 125 Å². The van der Waals surface area contributed by atoms with Crippen LogP contribution in [0.15, 0.2) is 83.2 Å². The summed E-state index contributed by atoms with van der Waals surface area (Å²) in [6.45, 7) is 18.0. The normalized spacial score (nSPS) is 16.3. The first-order chi connectivity index (χ1) is 32.1. The minimum Gasteiger partial charge on any atom is -0.490 e. The van der Waals surface area contributed by atoms with E-state index in [-0.39, 0.29) is 16.9 Å². The molecule has 0 bridgehead atoms. The van der Waals surface area contributed by atoms with Gasteiger partial charge in [0.25, 0.3) is 0 Å². The fraction of sp³-hybridized carbons (Fsp3) is 0.471. The van der Waals surface area contributed by atoms with E-state index in [0.717, 1.165) is 45.3 Å². The average Bonchev–Trinajstić information content (AvgIpc) is 3.57. The zero-order valence-electron chi connectivity index (χ0n) is 39.3. The molecule has 2 aliphatic heterocycles. The summed E-state index contributed by atoms with van der Waals surface area (Å²) in [6, 6.07) is 24.1. The van der Waals surface area contributed by atoms with E-state index >= 15 is 0 Å². The number of nitrogens with one attached hydrogen (secondary N) is 1. The van der Waals surface area contributed by atoms with Crippen molar-refractivity contribution in [1.82, 2.24) is 0 Å². The standard InChI is InChI=1S/C51H64N6O9/c1-7-59-27-28-61-22-17-56-18-23-62-30-29-60-21-16-55-44-13-8-38(2)32-47(44)63-24-19-57(20-25-64-48-33-39(3)9-14-45(48)56)46-15-11-40(34-49(46)65-31-26-58-6)10-12-43-42(37-54)50(41(35-52)36-53)66-51(43,4)5/h8-15,32-34,55H,7,16-31H2,1-6H3. The number of benzene rings is 3. The molecule has 5 rings (SSSR count). The quantitative estimate of drug-likeness (QED) is 0.124. The van der Waals surface area contributed by atoms with Gasteiger partial charge in [-0.15, -0.1) is 0 Å². The van der Waals surface area contributed by atoms with Gasteiger partial charge in [-0.1, -0.05) is 30.4 Å². The summed E-state index contributed by atoms with van der Waals surface area (Å²) in [6.07, 6.45) is 3.65. The SMILES string of the molecule is CCOCCOCCN1CCOCCOCCNc2ccc(C)cc2OCCN(c2ccc(C=CC3=C(C#N)C(=C(C#N)C#N)OC3(C)C)cc2OCCOC)CCOc2cc(C)ccc21. The minimum atomic E-state index is -0.959. The third kappa shape index (κ3) is 14.9. The molecule has 0 fully saturated rings. The maximum Gasteiger partial charge on any atom is 0.172 e. The zero-order valence-corrected chi connectivity index (χ0v) is 39.3. The van der Waals surface area contributed by atoms with Crippen LogP contribution in [0.1, 0.15) is 37.5 Å². The number of allylic oxidation sites excluding steroid dienone is 2. The Morgan fingerprint density at radius 3 is 2.18 bits per heavy atom. The van der Waals surface area contributed by atoms with E-state index in [2.05, 4.69) is 46.3 Å². The Balaban J connectivity index is 1.49. The van der Waals surface area contributed by atoms with Crippen LogP contribution < -0.4 is 29.3 Å². The highest BCUT2D eigenvalue weighted by molar-refractivity contribution is 5.68. The van der Waals surface area contributed by atoms with E-state index in [1.54, 1.807) is 27.0 Å². The molecule has 15 heteroatoms. The molecule has 0 atom stereocenters.